The van der Waals surface area contributed by atoms with Gasteiger partial charge in [0, 0.05) is 70.5 Å². The third kappa shape index (κ3) is 4.42. The van der Waals surface area contributed by atoms with Crippen LogP contribution in [0.1, 0.15) is 27.7 Å². The summed E-state index contributed by atoms with van der Waals surface area (Å²) >= 11 is 0. The first-order valence-corrected chi connectivity index (χ1v) is 8.26. The van der Waals surface area contributed by atoms with Crippen molar-refractivity contribution in [3.63, 3.8) is 0 Å². The van der Waals surface area contributed by atoms with Crippen molar-refractivity contribution >= 4 is 0 Å². The Kier molecular flexibility index (Phi) is 5.46. The minimum atomic E-state index is 0.329. The molecule has 4 heteroatoms. The van der Waals surface area contributed by atoms with Gasteiger partial charge in [0.25, 0.3) is 0 Å². The number of piperazine rings is 2. The van der Waals surface area contributed by atoms with E-state index in [1.165, 1.54) is 58.9 Å². The molecule has 0 N–H and O–H groups in total. The highest BCUT2D eigenvalue weighted by molar-refractivity contribution is 4.84. The van der Waals surface area contributed by atoms with Crippen molar-refractivity contribution in [3.8, 4) is 0 Å². The predicted octanol–water partition coefficient (Wildman–Crippen LogP) is 1.04. The summed E-state index contributed by atoms with van der Waals surface area (Å²) in [6, 6.07) is 0.699. The van der Waals surface area contributed by atoms with E-state index in [0.29, 0.717) is 11.6 Å². The van der Waals surface area contributed by atoms with Crippen LogP contribution >= 0.6 is 0 Å². The Morgan fingerprint density at radius 3 is 1.90 bits per heavy atom. The summed E-state index contributed by atoms with van der Waals surface area (Å²) in [4.78, 5) is 10.4. The van der Waals surface area contributed by atoms with Crippen LogP contribution in [0.5, 0.6) is 0 Å². The van der Waals surface area contributed by atoms with E-state index in [4.69, 9.17) is 0 Å². The molecule has 20 heavy (non-hydrogen) atoms. The third-order valence-electron chi connectivity index (χ3n) is 5.00. The molecule has 2 rings (SSSR count). The monoisotopic (exact) mass is 282 g/mol. The summed E-state index contributed by atoms with van der Waals surface area (Å²) in [6.07, 6.45) is 0. The van der Waals surface area contributed by atoms with Crippen molar-refractivity contribution in [2.45, 2.75) is 39.3 Å². The van der Waals surface area contributed by atoms with Crippen molar-refractivity contribution in [2.24, 2.45) is 0 Å². The second kappa shape index (κ2) is 6.73. The molecule has 2 fully saturated rings. The Bertz CT molecular complexity index is 283. The van der Waals surface area contributed by atoms with Crippen molar-refractivity contribution < 1.29 is 0 Å². The van der Waals surface area contributed by atoms with Crippen molar-refractivity contribution in [2.75, 3.05) is 66.0 Å². The van der Waals surface area contributed by atoms with Crippen LogP contribution in [0.4, 0.5) is 0 Å². The molecule has 0 aromatic carbocycles. The second-order valence-corrected chi connectivity index (χ2v) is 7.65. The lowest BCUT2D eigenvalue weighted by Gasteiger charge is -2.44. The molecule has 0 amide bonds. The molecule has 1 unspecified atom stereocenters. The molecule has 118 valence electrons. The number of nitrogens with zero attached hydrogens (tertiary/aromatic N) is 4. The molecule has 0 aliphatic carbocycles. The van der Waals surface area contributed by atoms with Gasteiger partial charge in [-0.15, -0.1) is 0 Å². The highest BCUT2D eigenvalue weighted by Gasteiger charge is 2.27. The van der Waals surface area contributed by atoms with Gasteiger partial charge in [0.2, 0.25) is 0 Å². The standard InChI is InChI=1S/C16H34N4/c1-15(19-10-6-17(5)7-11-19)14-18-8-12-20(13-9-18)16(2,3)4/h15H,6-14H2,1-5H3. The zero-order valence-corrected chi connectivity index (χ0v) is 14.2. The molecular formula is C16H34N4. The van der Waals surface area contributed by atoms with Crippen LogP contribution in [0.3, 0.4) is 0 Å². The van der Waals surface area contributed by atoms with Gasteiger partial charge in [0.1, 0.15) is 0 Å². The first-order chi connectivity index (χ1) is 9.36. The van der Waals surface area contributed by atoms with Crippen LogP contribution in [0.25, 0.3) is 0 Å². The summed E-state index contributed by atoms with van der Waals surface area (Å²) in [5, 5.41) is 0. The Morgan fingerprint density at radius 1 is 0.850 bits per heavy atom. The van der Waals surface area contributed by atoms with Gasteiger partial charge in [-0.3, -0.25) is 14.7 Å². The van der Waals surface area contributed by atoms with Crippen molar-refractivity contribution in [1.82, 2.24) is 19.6 Å². The summed E-state index contributed by atoms with van der Waals surface area (Å²) in [6.45, 7) is 20.5. The maximum atomic E-state index is 2.66. The highest BCUT2D eigenvalue weighted by atomic mass is 15.3. The van der Waals surface area contributed by atoms with Crippen LogP contribution in [-0.2, 0) is 0 Å². The average Bonchev–Trinajstić information content (AvgIpc) is 2.39. The molecule has 0 aromatic rings. The fourth-order valence-electron chi connectivity index (χ4n) is 3.35. The minimum absolute atomic E-state index is 0.329. The molecule has 2 saturated heterocycles. The molecule has 0 aromatic heterocycles. The van der Waals surface area contributed by atoms with E-state index in [0.717, 1.165) is 0 Å². The highest BCUT2D eigenvalue weighted by Crippen LogP contribution is 2.16. The van der Waals surface area contributed by atoms with Gasteiger partial charge in [0.15, 0.2) is 0 Å². The lowest BCUT2D eigenvalue weighted by Crippen LogP contribution is -2.56. The second-order valence-electron chi connectivity index (χ2n) is 7.65. The van der Waals surface area contributed by atoms with Gasteiger partial charge in [-0.25, -0.2) is 0 Å². The zero-order chi connectivity index (χ0) is 14.8. The van der Waals surface area contributed by atoms with Crippen LogP contribution < -0.4 is 0 Å². The van der Waals surface area contributed by atoms with Crippen LogP contribution in [0.15, 0.2) is 0 Å². The maximum absolute atomic E-state index is 2.66. The third-order valence-corrected chi connectivity index (χ3v) is 5.00. The molecule has 2 heterocycles. The molecule has 2 aliphatic rings. The average molecular weight is 282 g/mol. The maximum Gasteiger partial charge on any atom is 0.0195 e. The molecular weight excluding hydrogens is 248 g/mol. The van der Waals surface area contributed by atoms with Crippen LogP contribution in [0, 0.1) is 0 Å². The molecule has 0 bridgehead atoms. The van der Waals surface area contributed by atoms with E-state index in [1.54, 1.807) is 0 Å². The quantitative estimate of drug-likeness (QED) is 0.767. The molecule has 0 saturated carbocycles. The summed E-state index contributed by atoms with van der Waals surface area (Å²) in [7, 11) is 2.23. The fraction of sp³-hybridized carbons (Fsp3) is 1.00. The minimum Gasteiger partial charge on any atom is -0.304 e. The SMILES string of the molecule is CC(CN1CCN(C(C)(C)C)CC1)N1CCN(C)CC1. The fourth-order valence-corrected chi connectivity index (χ4v) is 3.35. The number of hydrogen-bond acceptors (Lipinski definition) is 4. The van der Waals surface area contributed by atoms with E-state index >= 15 is 0 Å². The summed E-state index contributed by atoms with van der Waals surface area (Å²) in [5.74, 6) is 0. The Balaban J connectivity index is 1.72. The van der Waals surface area contributed by atoms with Crippen molar-refractivity contribution in [3.05, 3.63) is 0 Å². The number of rotatable bonds is 3. The smallest absolute Gasteiger partial charge is 0.0195 e. The molecule has 2 aliphatic heterocycles. The Labute approximate surface area is 125 Å². The van der Waals surface area contributed by atoms with E-state index in [9.17, 15) is 0 Å². The van der Waals surface area contributed by atoms with Crippen LogP contribution in [0.2, 0.25) is 0 Å². The normalized spacial score (nSPS) is 26.9. The van der Waals surface area contributed by atoms with Gasteiger partial charge in [-0.1, -0.05) is 0 Å². The van der Waals surface area contributed by atoms with Gasteiger partial charge in [-0.2, -0.15) is 0 Å². The Hall–Kier alpha value is -0.160. The van der Waals surface area contributed by atoms with E-state index in [1.807, 2.05) is 0 Å². The Morgan fingerprint density at radius 2 is 1.40 bits per heavy atom. The summed E-state index contributed by atoms with van der Waals surface area (Å²) in [5.41, 5.74) is 0.329. The number of hydrogen-bond donors (Lipinski definition) is 0. The van der Waals surface area contributed by atoms with Crippen molar-refractivity contribution in [1.29, 1.82) is 0 Å². The predicted molar refractivity (Wildman–Crippen MR) is 86.3 cm³/mol. The first kappa shape index (κ1) is 16.2. The largest absolute Gasteiger partial charge is 0.304 e. The van der Waals surface area contributed by atoms with Gasteiger partial charge in [0.05, 0.1) is 0 Å². The van der Waals surface area contributed by atoms with Crippen LogP contribution in [-0.4, -0.2) is 97.1 Å². The van der Waals surface area contributed by atoms with Gasteiger partial charge < -0.3 is 4.90 Å². The van der Waals surface area contributed by atoms with Gasteiger partial charge >= 0.3 is 0 Å². The van der Waals surface area contributed by atoms with E-state index < -0.39 is 0 Å². The number of likely N-dealkylation sites (N-methyl/N-ethyl adjacent to an activating group) is 1. The zero-order valence-electron chi connectivity index (χ0n) is 14.2. The molecule has 0 radical (unpaired) electrons. The molecule has 4 nitrogen and oxygen atoms in total. The van der Waals surface area contributed by atoms with E-state index in [2.05, 4.69) is 54.3 Å². The topological polar surface area (TPSA) is 13.0 Å². The first-order valence-electron chi connectivity index (χ1n) is 8.26. The molecule has 0 spiro atoms. The lowest BCUT2D eigenvalue weighted by atomic mass is 10.0. The molecule has 1 atom stereocenters. The van der Waals surface area contributed by atoms with Gasteiger partial charge in [-0.05, 0) is 34.7 Å². The van der Waals surface area contributed by atoms with E-state index in [-0.39, 0.29) is 0 Å². The lowest BCUT2D eigenvalue weighted by molar-refractivity contribution is 0.0399. The summed E-state index contributed by atoms with van der Waals surface area (Å²) < 4.78 is 0.